The highest BCUT2D eigenvalue weighted by Crippen LogP contribution is 2.25. The number of ether oxygens (including phenoxy) is 1. The van der Waals surface area contributed by atoms with Crippen LogP contribution in [-0.4, -0.2) is 6.61 Å². The smallest absolute Gasteiger partial charge is 0.137 e. The molecule has 0 aliphatic heterocycles. The molecule has 1 unspecified atom stereocenters. The predicted octanol–water partition coefficient (Wildman–Crippen LogP) is 3.19. The summed E-state index contributed by atoms with van der Waals surface area (Å²) < 4.78 is 5.39. The minimum Gasteiger partial charge on any atom is -0.491 e. The summed E-state index contributed by atoms with van der Waals surface area (Å²) in [6.45, 7) is 4.15. The molecule has 0 spiro atoms. The van der Waals surface area contributed by atoms with E-state index in [4.69, 9.17) is 21.6 Å². The fourth-order valence-corrected chi connectivity index (χ4v) is 1.26. The maximum atomic E-state index is 8.56. The standard InChI is InChI=1S/C11H12ClNO/c1-8-3-4-11(10(12)5-8)14-7-9(2)6-13/h3-5,9H,7H2,1-2H3. The van der Waals surface area contributed by atoms with E-state index in [1.54, 1.807) is 0 Å². The molecule has 1 rings (SSSR count). The lowest BCUT2D eigenvalue weighted by atomic mass is 10.2. The monoisotopic (exact) mass is 209 g/mol. The Balaban J connectivity index is 2.64. The maximum absolute atomic E-state index is 8.56. The topological polar surface area (TPSA) is 33.0 Å². The highest BCUT2D eigenvalue weighted by Gasteiger charge is 2.04. The number of halogens is 1. The van der Waals surface area contributed by atoms with Crippen molar-refractivity contribution in [3.63, 3.8) is 0 Å². The van der Waals surface area contributed by atoms with E-state index in [0.717, 1.165) is 5.56 Å². The van der Waals surface area contributed by atoms with Gasteiger partial charge in [0, 0.05) is 0 Å². The number of hydrogen-bond acceptors (Lipinski definition) is 2. The van der Waals surface area contributed by atoms with Gasteiger partial charge in [-0.2, -0.15) is 5.26 Å². The highest BCUT2D eigenvalue weighted by molar-refractivity contribution is 6.32. The molecular weight excluding hydrogens is 198 g/mol. The molecule has 0 saturated carbocycles. The van der Waals surface area contributed by atoms with Crippen LogP contribution in [0.5, 0.6) is 5.75 Å². The number of nitriles is 1. The van der Waals surface area contributed by atoms with Crippen molar-refractivity contribution in [3.05, 3.63) is 28.8 Å². The summed E-state index contributed by atoms with van der Waals surface area (Å²) in [5.74, 6) is 0.520. The van der Waals surface area contributed by atoms with Crippen LogP contribution in [0.3, 0.4) is 0 Å². The highest BCUT2D eigenvalue weighted by atomic mass is 35.5. The average Bonchev–Trinajstić information content (AvgIpc) is 2.16. The molecule has 0 fully saturated rings. The molecule has 0 radical (unpaired) electrons. The summed E-state index contributed by atoms with van der Waals surface area (Å²) >= 11 is 5.95. The molecule has 0 bridgehead atoms. The van der Waals surface area contributed by atoms with Gasteiger partial charge in [-0.05, 0) is 31.5 Å². The second-order valence-electron chi connectivity index (χ2n) is 3.28. The SMILES string of the molecule is Cc1ccc(OCC(C)C#N)c(Cl)c1. The van der Waals surface area contributed by atoms with Gasteiger partial charge >= 0.3 is 0 Å². The number of aryl methyl sites for hydroxylation is 1. The maximum Gasteiger partial charge on any atom is 0.137 e. The van der Waals surface area contributed by atoms with E-state index in [2.05, 4.69) is 6.07 Å². The summed E-state index contributed by atoms with van der Waals surface area (Å²) in [6, 6.07) is 7.69. The minimum atomic E-state index is -0.118. The third kappa shape index (κ3) is 2.93. The van der Waals surface area contributed by atoms with E-state index in [9.17, 15) is 0 Å². The van der Waals surface area contributed by atoms with Crippen molar-refractivity contribution in [2.24, 2.45) is 5.92 Å². The van der Waals surface area contributed by atoms with Crippen LogP contribution >= 0.6 is 11.6 Å². The van der Waals surface area contributed by atoms with Gasteiger partial charge in [-0.3, -0.25) is 0 Å². The van der Waals surface area contributed by atoms with Crippen molar-refractivity contribution in [2.45, 2.75) is 13.8 Å². The molecule has 0 N–H and O–H groups in total. The van der Waals surface area contributed by atoms with E-state index in [-0.39, 0.29) is 5.92 Å². The lowest BCUT2D eigenvalue weighted by Crippen LogP contribution is -2.06. The van der Waals surface area contributed by atoms with Gasteiger partial charge in [0.05, 0.1) is 17.0 Å². The van der Waals surface area contributed by atoms with Gasteiger partial charge in [0.15, 0.2) is 0 Å². The van der Waals surface area contributed by atoms with Crippen molar-refractivity contribution >= 4 is 11.6 Å². The number of hydrogen-bond donors (Lipinski definition) is 0. The van der Waals surface area contributed by atoms with Crippen LogP contribution in [0.25, 0.3) is 0 Å². The molecule has 0 amide bonds. The Morgan fingerprint density at radius 1 is 1.57 bits per heavy atom. The van der Waals surface area contributed by atoms with Crippen LogP contribution in [-0.2, 0) is 0 Å². The normalized spacial score (nSPS) is 11.9. The van der Waals surface area contributed by atoms with E-state index >= 15 is 0 Å². The zero-order valence-corrected chi connectivity index (χ0v) is 9.01. The molecule has 14 heavy (non-hydrogen) atoms. The van der Waals surface area contributed by atoms with Crippen LogP contribution in [0.2, 0.25) is 5.02 Å². The van der Waals surface area contributed by atoms with Gasteiger partial charge < -0.3 is 4.74 Å². The molecule has 0 aliphatic carbocycles. The summed E-state index contributed by atoms with van der Waals surface area (Å²) in [5, 5.41) is 9.16. The average molecular weight is 210 g/mol. The molecule has 1 aromatic carbocycles. The molecule has 0 aromatic heterocycles. The largest absolute Gasteiger partial charge is 0.491 e. The van der Waals surface area contributed by atoms with Gasteiger partial charge in [0.2, 0.25) is 0 Å². The molecular formula is C11H12ClNO. The minimum absolute atomic E-state index is 0.118. The first kappa shape index (κ1) is 10.9. The van der Waals surface area contributed by atoms with Gasteiger partial charge in [-0.15, -0.1) is 0 Å². The van der Waals surface area contributed by atoms with Crippen LogP contribution < -0.4 is 4.74 Å². The molecule has 74 valence electrons. The van der Waals surface area contributed by atoms with Crippen molar-refractivity contribution in [1.82, 2.24) is 0 Å². The number of rotatable bonds is 3. The molecule has 2 nitrogen and oxygen atoms in total. The Bertz CT molecular complexity index is 357. The van der Waals surface area contributed by atoms with E-state index < -0.39 is 0 Å². The van der Waals surface area contributed by atoms with Crippen molar-refractivity contribution in [1.29, 1.82) is 5.26 Å². The van der Waals surface area contributed by atoms with Gasteiger partial charge in [0.1, 0.15) is 12.4 Å². The Morgan fingerprint density at radius 2 is 2.29 bits per heavy atom. The van der Waals surface area contributed by atoms with Crippen molar-refractivity contribution < 1.29 is 4.74 Å². The Hall–Kier alpha value is -1.20. The van der Waals surface area contributed by atoms with Gasteiger partial charge in [0.25, 0.3) is 0 Å². The van der Waals surface area contributed by atoms with Crippen LogP contribution in [0.4, 0.5) is 0 Å². The van der Waals surface area contributed by atoms with Crippen LogP contribution in [0.15, 0.2) is 18.2 Å². The first-order chi connectivity index (χ1) is 6.63. The molecule has 1 atom stereocenters. The Kier molecular flexibility index (Phi) is 3.79. The zero-order valence-electron chi connectivity index (χ0n) is 8.25. The van der Waals surface area contributed by atoms with E-state index in [1.165, 1.54) is 0 Å². The second kappa shape index (κ2) is 4.88. The number of benzene rings is 1. The third-order valence-corrected chi connectivity index (χ3v) is 2.09. The fourth-order valence-electron chi connectivity index (χ4n) is 0.975. The first-order valence-electron chi connectivity index (χ1n) is 4.42. The zero-order chi connectivity index (χ0) is 10.6. The Morgan fingerprint density at radius 3 is 2.86 bits per heavy atom. The second-order valence-corrected chi connectivity index (χ2v) is 3.68. The summed E-state index contributed by atoms with van der Waals surface area (Å²) in [6.07, 6.45) is 0. The lowest BCUT2D eigenvalue weighted by molar-refractivity contribution is 0.288. The molecule has 1 aromatic rings. The summed E-state index contributed by atoms with van der Waals surface area (Å²) in [5.41, 5.74) is 1.09. The van der Waals surface area contributed by atoms with E-state index in [1.807, 2.05) is 32.0 Å². The quantitative estimate of drug-likeness (QED) is 0.766. The molecule has 0 aliphatic rings. The Labute approximate surface area is 89.1 Å². The predicted molar refractivity (Wildman–Crippen MR) is 56.5 cm³/mol. The number of nitrogens with zero attached hydrogens (tertiary/aromatic N) is 1. The molecule has 0 heterocycles. The van der Waals surface area contributed by atoms with Crippen LogP contribution in [0, 0.1) is 24.2 Å². The summed E-state index contributed by atoms with van der Waals surface area (Å²) in [7, 11) is 0. The lowest BCUT2D eigenvalue weighted by Gasteiger charge is -2.09. The first-order valence-corrected chi connectivity index (χ1v) is 4.80. The van der Waals surface area contributed by atoms with Crippen LogP contribution in [0.1, 0.15) is 12.5 Å². The van der Waals surface area contributed by atoms with Gasteiger partial charge in [-0.1, -0.05) is 17.7 Å². The fraction of sp³-hybridized carbons (Fsp3) is 0.364. The molecule has 0 saturated heterocycles. The molecule has 3 heteroatoms. The van der Waals surface area contributed by atoms with Crippen molar-refractivity contribution in [2.75, 3.05) is 6.61 Å². The van der Waals surface area contributed by atoms with Gasteiger partial charge in [-0.25, -0.2) is 0 Å². The van der Waals surface area contributed by atoms with E-state index in [0.29, 0.717) is 17.4 Å². The third-order valence-electron chi connectivity index (χ3n) is 1.80. The summed E-state index contributed by atoms with van der Waals surface area (Å²) in [4.78, 5) is 0. The van der Waals surface area contributed by atoms with Crippen molar-refractivity contribution in [3.8, 4) is 11.8 Å².